The molecule has 1 aromatic heterocycles. The summed E-state index contributed by atoms with van der Waals surface area (Å²) in [6.45, 7) is 8.38. The molecule has 0 atom stereocenters. The molecule has 0 bridgehead atoms. The number of carbonyl (C=O) groups is 1. The first-order valence-corrected chi connectivity index (χ1v) is 8.85. The summed E-state index contributed by atoms with van der Waals surface area (Å²) >= 11 is 7.42. The van der Waals surface area contributed by atoms with E-state index in [1.54, 1.807) is 6.08 Å². The van der Waals surface area contributed by atoms with Crippen molar-refractivity contribution in [3.63, 3.8) is 0 Å². The number of hydrogen-bond donors (Lipinski definition) is 0. The molecule has 128 valence electrons. The molecule has 0 saturated carbocycles. The van der Waals surface area contributed by atoms with Crippen LogP contribution in [0.1, 0.15) is 21.5 Å². The van der Waals surface area contributed by atoms with Crippen LogP contribution < -0.4 is 4.80 Å². The zero-order valence-electron chi connectivity index (χ0n) is 13.8. The summed E-state index contributed by atoms with van der Waals surface area (Å²) in [5, 5.41) is 0.0529. The quantitative estimate of drug-likeness (QED) is 0.591. The van der Waals surface area contributed by atoms with Crippen LogP contribution in [-0.2, 0) is 6.54 Å². The number of thiazole rings is 1. The van der Waals surface area contributed by atoms with Crippen molar-refractivity contribution in [3.05, 3.63) is 75.3 Å². The number of hydrogen-bond acceptors (Lipinski definition) is 2. The van der Waals surface area contributed by atoms with E-state index in [0.717, 1.165) is 27.4 Å². The average Bonchev–Trinajstić information content (AvgIpc) is 2.86. The van der Waals surface area contributed by atoms with Gasteiger partial charge in [0.05, 0.1) is 20.8 Å². The Balaban J connectivity index is 2.21. The van der Waals surface area contributed by atoms with E-state index < -0.39 is 11.7 Å². The molecular formula is C19H16ClFN2OS. The van der Waals surface area contributed by atoms with Crippen LogP contribution in [0.25, 0.3) is 10.2 Å². The Bertz CT molecular complexity index is 1070. The summed E-state index contributed by atoms with van der Waals surface area (Å²) in [5.74, 6) is -0.986. The second kappa shape index (κ2) is 6.94. The standard InChI is InChI=1S/C19H16ClFN2OS/c1-4-7-23-16-9-11(2)8-12(3)17(16)25-19(23)22-18(24)14-6-5-13(21)10-15(14)20/h4-6,8-10H,1,7H2,2-3H3. The van der Waals surface area contributed by atoms with Crippen LogP contribution in [-0.4, -0.2) is 10.5 Å². The lowest BCUT2D eigenvalue weighted by Crippen LogP contribution is -2.16. The molecule has 0 spiro atoms. The van der Waals surface area contributed by atoms with Crippen molar-refractivity contribution in [1.82, 2.24) is 4.57 Å². The van der Waals surface area contributed by atoms with Crippen LogP contribution in [0.15, 0.2) is 48.0 Å². The number of benzene rings is 2. The minimum Gasteiger partial charge on any atom is -0.312 e. The van der Waals surface area contributed by atoms with Crippen molar-refractivity contribution >= 4 is 39.1 Å². The second-order valence-electron chi connectivity index (χ2n) is 5.76. The third kappa shape index (κ3) is 3.43. The van der Waals surface area contributed by atoms with Crippen LogP contribution in [0.4, 0.5) is 4.39 Å². The summed E-state index contributed by atoms with van der Waals surface area (Å²) in [4.78, 5) is 17.3. The van der Waals surface area contributed by atoms with E-state index >= 15 is 0 Å². The summed E-state index contributed by atoms with van der Waals surface area (Å²) in [5.41, 5.74) is 3.46. The highest BCUT2D eigenvalue weighted by Gasteiger charge is 2.13. The van der Waals surface area contributed by atoms with E-state index in [2.05, 4.69) is 23.7 Å². The highest BCUT2D eigenvalue weighted by atomic mass is 35.5. The normalized spacial score (nSPS) is 11.9. The molecule has 3 aromatic rings. The number of halogens is 2. The fourth-order valence-corrected chi connectivity index (χ4v) is 4.05. The Kier molecular flexibility index (Phi) is 4.88. The number of fused-ring (bicyclic) bond motifs is 1. The fraction of sp³-hybridized carbons (Fsp3) is 0.158. The predicted molar refractivity (Wildman–Crippen MR) is 101 cm³/mol. The molecule has 0 radical (unpaired) electrons. The van der Waals surface area contributed by atoms with Gasteiger partial charge in [0, 0.05) is 6.54 Å². The maximum absolute atomic E-state index is 13.2. The average molecular weight is 375 g/mol. The number of carbonyl (C=O) groups excluding carboxylic acids is 1. The minimum atomic E-state index is -0.497. The van der Waals surface area contributed by atoms with Gasteiger partial charge in [-0.25, -0.2) is 4.39 Å². The van der Waals surface area contributed by atoms with Crippen LogP contribution in [0.5, 0.6) is 0 Å². The van der Waals surface area contributed by atoms with Gasteiger partial charge < -0.3 is 4.57 Å². The van der Waals surface area contributed by atoms with Gasteiger partial charge in [-0.05, 0) is 49.2 Å². The maximum atomic E-state index is 13.2. The van der Waals surface area contributed by atoms with Crippen molar-refractivity contribution < 1.29 is 9.18 Å². The topological polar surface area (TPSA) is 34.4 Å². The molecule has 0 aliphatic heterocycles. The predicted octanol–water partition coefficient (Wildman–Crippen LogP) is 5.04. The molecule has 0 aliphatic rings. The van der Waals surface area contributed by atoms with Gasteiger partial charge >= 0.3 is 0 Å². The molecule has 0 N–H and O–H groups in total. The largest absolute Gasteiger partial charge is 0.312 e. The number of allylic oxidation sites excluding steroid dienone is 1. The second-order valence-corrected chi connectivity index (χ2v) is 7.14. The Morgan fingerprint density at radius 1 is 1.36 bits per heavy atom. The number of amides is 1. The van der Waals surface area contributed by atoms with E-state index in [1.165, 1.54) is 23.5 Å². The number of nitrogens with zero attached hydrogens (tertiary/aromatic N) is 2. The van der Waals surface area contributed by atoms with Crippen molar-refractivity contribution in [1.29, 1.82) is 0 Å². The first-order chi connectivity index (χ1) is 11.9. The fourth-order valence-electron chi connectivity index (χ4n) is 2.71. The highest BCUT2D eigenvalue weighted by molar-refractivity contribution is 7.16. The molecule has 0 fully saturated rings. The maximum Gasteiger partial charge on any atom is 0.281 e. The van der Waals surface area contributed by atoms with Crippen LogP contribution >= 0.6 is 22.9 Å². The lowest BCUT2D eigenvalue weighted by molar-refractivity contribution is 0.0998. The third-order valence-corrected chi connectivity index (χ3v) is 5.33. The number of rotatable bonds is 3. The minimum absolute atomic E-state index is 0.0529. The van der Waals surface area contributed by atoms with Crippen molar-refractivity contribution in [2.75, 3.05) is 0 Å². The molecule has 6 heteroatoms. The Hall–Kier alpha value is -2.24. The first kappa shape index (κ1) is 17.6. The summed E-state index contributed by atoms with van der Waals surface area (Å²) in [7, 11) is 0. The SMILES string of the molecule is C=CCn1c(=NC(=O)c2ccc(F)cc2Cl)sc2c(C)cc(C)cc21. The van der Waals surface area contributed by atoms with Gasteiger partial charge in [0.1, 0.15) is 5.82 Å². The van der Waals surface area contributed by atoms with E-state index in [4.69, 9.17) is 11.6 Å². The van der Waals surface area contributed by atoms with Gasteiger partial charge in [0.25, 0.3) is 5.91 Å². The summed E-state index contributed by atoms with van der Waals surface area (Å²) < 4.78 is 16.2. The van der Waals surface area contributed by atoms with Gasteiger partial charge in [-0.1, -0.05) is 35.1 Å². The van der Waals surface area contributed by atoms with Crippen molar-refractivity contribution in [2.24, 2.45) is 4.99 Å². The molecular weight excluding hydrogens is 359 g/mol. The Labute approximate surface area is 153 Å². The van der Waals surface area contributed by atoms with Crippen molar-refractivity contribution in [2.45, 2.75) is 20.4 Å². The molecule has 3 rings (SSSR count). The molecule has 1 amide bonds. The van der Waals surface area contributed by atoms with Crippen LogP contribution in [0, 0.1) is 19.7 Å². The first-order valence-electron chi connectivity index (χ1n) is 7.66. The zero-order valence-corrected chi connectivity index (χ0v) is 15.4. The van der Waals surface area contributed by atoms with Gasteiger partial charge in [-0.15, -0.1) is 6.58 Å². The smallest absolute Gasteiger partial charge is 0.281 e. The molecule has 2 aromatic carbocycles. The van der Waals surface area contributed by atoms with Gasteiger partial charge in [-0.3, -0.25) is 4.79 Å². The van der Waals surface area contributed by atoms with Gasteiger partial charge in [-0.2, -0.15) is 4.99 Å². The lowest BCUT2D eigenvalue weighted by Gasteiger charge is -2.04. The molecule has 25 heavy (non-hydrogen) atoms. The van der Waals surface area contributed by atoms with E-state index in [-0.39, 0.29) is 10.6 Å². The molecule has 1 heterocycles. The Morgan fingerprint density at radius 2 is 2.12 bits per heavy atom. The monoisotopic (exact) mass is 374 g/mol. The number of aryl methyl sites for hydroxylation is 2. The Morgan fingerprint density at radius 3 is 2.80 bits per heavy atom. The number of aromatic nitrogens is 1. The molecule has 0 aliphatic carbocycles. The molecule has 0 unspecified atom stereocenters. The zero-order chi connectivity index (χ0) is 18.1. The van der Waals surface area contributed by atoms with Gasteiger partial charge in [0.2, 0.25) is 0 Å². The molecule has 3 nitrogen and oxygen atoms in total. The van der Waals surface area contributed by atoms with E-state index in [0.29, 0.717) is 11.3 Å². The molecule has 0 saturated heterocycles. The van der Waals surface area contributed by atoms with Crippen molar-refractivity contribution in [3.8, 4) is 0 Å². The van der Waals surface area contributed by atoms with Gasteiger partial charge in [0.15, 0.2) is 4.80 Å². The van der Waals surface area contributed by atoms with E-state index in [9.17, 15) is 9.18 Å². The highest BCUT2D eigenvalue weighted by Crippen LogP contribution is 2.24. The summed E-state index contributed by atoms with van der Waals surface area (Å²) in [6.07, 6.45) is 1.76. The third-order valence-electron chi connectivity index (χ3n) is 3.78. The lowest BCUT2D eigenvalue weighted by atomic mass is 10.1. The van der Waals surface area contributed by atoms with Crippen LogP contribution in [0.2, 0.25) is 5.02 Å². The summed E-state index contributed by atoms with van der Waals surface area (Å²) in [6, 6.07) is 7.83. The van der Waals surface area contributed by atoms with E-state index in [1.807, 2.05) is 18.4 Å². The van der Waals surface area contributed by atoms with Crippen LogP contribution in [0.3, 0.4) is 0 Å².